The van der Waals surface area contributed by atoms with E-state index in [2.05, 4.69) is 20.5 Å². The molecule has 3 aliphatic rings. The first-order valence-electron chi connectivity index (χ1n) is 14.7. The minimum atomic E-state index is -1.02. The van der Waals surface area contributed by atoms with Crippen LogP contribution in [0.4, 0.5) is 17.3 Å². The number of nitrogens with zero attached hydrogens (tertiary/aromatic N) is 6. The number of rotatable bonds is 9. The Bertz CT molecular complexity index is 1730. The third-order valence-corrected chi connectivity index (χ3v) is 8.51. The van der Waals surface area contributed by atoms with Crippen LogP contribution in [0.5, 0.6) is 5.75 Å². The first-order valence-corrected chi connectivity index (χ1v) is 14.7. The van der Waals surface area contributed by atoms with Gasteiger partial charge >= 0.3 is 0 Å². The van der Waals surface area contributed by atoms with Crippen LogP contribution in [-0.4, -0.2) is 69.7 Å². The zero-order valence-electron chi connectivity index (χ0n) is 24.6. The molecule has 5 heterocycles. The van der Waals surface area contributed by atoms with E-state index in [1.54, 1.807) is 42.2 Å². The van der Waals surface area contributed by atoms with Crippen LogP contribution in [-0.2, 0) is 17.7 Å². The van der Waals surface area contributed by atoms with Gasteiger partial charge in [-0.3, -0.25) is 4.79 Å². The van der Waals surface area contributed by atoms with Crippen molar-refractivity contribution in [3.8, 4) is 5.75 Å². The Balaban J connectivity index is 1.25. The van der Waals surface area contributed by atoms with Crippen LogP contribution in [0.3, 0.4) is 0 Å². The fourth-order valence-corrected chi connectivity index (χ4v) is 5.98. The molecule has 3 N–H and O–H groups in total. The molecule has 3 atom stereocenters. The lowest BCUT2D eigenvalue weighted by Crippen LogP contribution is -2.51. The lowest BCUT2D eigenvalue weighted by Gasteiger charge is -2.35. The van der Waals surface area contributed by atoms with Gasteiger partial charge in [0.05, 0.1) is 36.8 Å². The number of hydrogen-bond donors (Lipinski definition) is 3. The average molecular weight is 595 g/mol. The van der Waals surface area contributed by atoms with Crippen LogP contribution in [0.15, 0.2) is 78.9 Å². The van der Waals surface area contributed by atoms with E-state index in [1.165, 1.54) is 0 Å². The van der Waals surface area contributed by atoms with Crippen LogP contribution in [0, 0.1) is 0 Å². The van der Waals surface area contributed by atoms with Gasteiger partial charge in [0.2, 0.25) is 0 Å². The number of fused-ring (bicyclic) bond motifs is 3. The van der Waals surface area contributed by atoms with Crippen molar-refractivity contribution in [2.45, 2.75) is 44.2 Å². The van der Waals surface area contributed by atoms with Gasteiger partial charge in [0.25, 0.3) is 5.91 Å². The van der Waals surface area contributed by atoms with Crippen molar-refractivity contribution in [3.63, 3.8) is 0 Å². The van der Waals surface area contributed by atoms with Crippen molar-refractivity contribution in [1.82, 2.24) is 24.9 Å². The summed E-state index contributed by atoms with van der Waals surface area (Å²) in [5.41, 5.74) is 4.45. The number of amides is 1. The molecule has 2 aliphatic heterocycles. The molecule has 0 saturated heterocycles. The molecule has 4 aromatic rings. The molecule has 1 amide bonds. The SMILES string of the molecule is COc1ccc(CN2CCc3c(NC4=CC=CN(c5ccccn5)C4O)nn4c(C(=O)N[C@H]5CC[C@@H]5OC)cnc4c32)cc1. The first-order chi connectivity index (χ1) is 21.5. The number of benzene rings is 1. The maximum absolute atomic E-state index is 13.5. The quantitative estimate of drug-likeness (QED) is 0.266. The Kier molecular flexibility index (Phi) is 7.36. The standard InChI is InChI=1S/C32H34N8O4/c1-43-21-10-8-20(9-11-21)19-38-17-14-22-28(38)30-34-18-25(31(41)36-23-12-13-26(23)44-2)40(30)37-29(22)35-24-6-5-16-39(32(24)42)27-7-3-4-15-33-27/h3-11,15-16,18,23,26,32,42H,12-14,17,19H2,1-2H3,(H,35,37)(H,36,41)/t23-,26-,32?/m0/s1. The smallest absolute Gasteiger partial charge is 0.271 e. The van der Waals surface area contributed by atoms with Gasteiger partial charge < -0.3 is 35.0 Å². The van der Waals surface area contributed by atoms with Crippen molar-refractivity contribution < 1.29 is 19.4 Å². The number of aliphatic hydroxyl groups is 1. The topological polar surface area (TPSA) is 129 Å². The lowest BCUT2D eigenvalue weighted by atomic mass is 9.89. The number of pyridine rings is 1. The Morgan fingerprint density at radius 3 is 2.70 bits per heavy atom. The van der Waals surface area contributed by atoms with Gasteiger partial charge in [-0.1, -0.05) is 18.2 Å². The van der Waals surface area contributed by atoms with Gasteiger partial charge in [0.15, 0.2) is 23.4 Å². The summed E-state index contributed by atoms with van der Waals surface area (Å²) >= 11 is 0. The third kappa shape index (κ3) is 5.01. The molecular formula is C32H34N8O4. The van der Waals surface area contributed by atoms with Gasteiger partial charge in [0.1, 0.15) is 11.6 Å². The van der Waals surface area contributed by atoms with E-state index in [0.29, 0.717) is 41.6 Å². The molecular weight excluding hydrogens is 560 g/mol. The number of carbonyl (C=O) groups is 1. The van der Waals surface area contributed by atoms with Crippen molar-refractivity contribution in [3.05, 3.63) is 95.7 Å². The number of nitrogens with one attached hydrogen (secondary N) is 2. The fourth-order valence-electron chi connectivity index (χ4n) is 5.98. The predicted octanol–water partition coefficient (Wildman–Crippen LogP) is 3.25. The largest absolute Gasteiger partial charge is 0.497 e. The fraction of sp³-hybridized carbons (Fsp3) is 0.312. The van der Waals surface area contributed by atoms with Crippen molar-refractivity contribution in [1.29, 1.82) is 0 Å². The highest BCUT2D eigenvalue weighted by Crippen LogP contribution is 2.38. The molecule has 0 radical (unpaired) electrons. The predicted molar refractivity (Wildman–Crippen MR) is 166 cm³/mol. The highest BCUT2D eigenvalue weighted by Gasteiger charge is 2.35. The van der Waals surface area contributed by atoms with E-state index in [1.807, 2.05) is 54.6 Å². The highest BCUT2D eigenvalue weighted by molar-refractivity contribution is 5.95. The Morgan fingerprint density at radius 1 is 1.11 bits per heavy atom. The van der Waals surface area contributed by atoms with Gasteiger partial charge in [-0.2, -0.15) is 0 Å². The number of aromatic nitrogens is 4. The summed E-state index contributed by atoms with van der Waals surface area (Å²) in [5.74, 6) is 1.70. The maximum atomic E-state index is 13.5. The molecule has 44 heavy (non-hydrogen) atoms. The number of anilines is 3. The van der Waals surface area contributed by atoms with Gasteiger partial charge in [0, 0.05) is 38.2 Å². The number of allylic oxidation sites excluding steroid dienone is 2. The van der Waals surface area contributed by atoms with Gasteiger partial charge in [-0.25, -0.2) is 14.5 Å². The molecule has 1 saturated carbocycles. The number of ether oxygens (including phenoxy) is 2. The molecule has 12 nitrogen and oxygen atoms in total. The number of carbonyl (C=O) groups excluding carboxylic acids is 1. The van der Waals surface area contributed by atoms with E-state index in [0.717, 1.165) is 42.0 Å². The van der Waals surface area contributed by atoms with E-state index >= 15 is 0 Å². The number of hydrogen-bond acceptors (Lipinski definition) is 10. The van der Waals surface area contributed by atoms with Crippen molar-refractivity contribution in [2.24, 2.45) is 0 Å². The summed E-state index contributed by atoms with van der Waals surface area (Å²) in [6.07, 6.45) is 10.2. The van der Waals surface area contributed by atoms with Crippen LogP contribution in [0.25, 0.3) is 5.65 Å². The van der Waals surface area contributed by atoms with Crippen LogP contribution in [0.2, 0.25) is 0 Å². The molecule has 7 rings (SSSR count). The summed E-state index contributed by atoms with van der Waals surface area (Å²) in [6, 6.07) is 13.5. The monoisotopic (exact) mass is 594 g/mol. The first kappa shape index (κ1) is 27.9. The molecule has 1 unspecified atom stereocenters. The van der Waals surface area contributed by atoms with E-state index < -0.39 is 6.23 Å². The van der Waals surface area contributed by atoms with Gasteiger partial charge in [-0.05, 0) is 61.2 Å². The van der Waals surface area contributed by atoms with Crippen LogP contribution in [0.1, 0.15) is 34.5 Å². The summed E-state index contributed by atoms with van der Waals surface area (Å²) in [6.45, 7) is 1.38. The Morgan fingerprint density at radius 2 is 1.98 bits per heavy atom. The Labute approximate surface area is 254 Å². The zero-order valence-corrected chi connectivity index (χ0v) is 24.6. The summed E-state index contributed by atoms with van der Waals surface area (Å²) in [5, 5.41) is 22.7. The van der Waals surface area contributed by atoms with E-state index in [4.69, 9.17) is 19.6 Å². The summed E-state index contributed by atoms with van der Waals surface area (Å²) in [7, 11) is 3.32. The number of imidazole rings is 1. The second-order valence-corrected chi connectivity index (χ2v) is 11.1. The second kappa shape index (κ2) is 11.6. The number of aliphatic hydroxyl groups excluding tert-OH is 1. The molecule has 3 aromatic heterocycles. The summed E-state index contributed by atoms with van der Waals surface area (Å²) in [4.78, 5) is 26.5. The summed E-state index contributed by atoms with van der Waals surface area (Å²) < 4.78 is 12.4. The molecule has 0 bridgehead atoms. The molecule has 12 heteroatoms. The highest BCUT2D eigenvalue weighted by atomic mass is 16.5. The number of methoxy groups -OCH3 is 2. The van der Waals surface area contributed by atoms with Gasteiger partial charge in [-0.15, -0.1) is 5.10 Å². The van der Waals surface area contributed by atoms with E-state index in [-0.39, 0.29) is 18.1 Å². The molecule has 1 aliphatic carbocycles. The van der Waals surface area contributed by atoms with Crippen molar-refractivity contribution in [2.75, 3.05) is 35.9 Å². The Hall–Kier alpha value is -4.94. The minimum absolute atomic E-state index is 0.00221. The molecule has 1 aromatic carbocycles. The van der Waals surface area contributed by atoms with E-state index in [9.17, 15) is 9.90 Å². The second-order valence-electron chi connectivity index (χ2n) is 11.1. The molecule has 1 fully saturated rings. The molecule has 0 spiro atoms. The van der Waals surface area contributed by atoms with Crippen molar-refractivity contribution >= 4 is 28.9 Å². The zero-order chi connectivity index (χ0) is 30.2. The van der Waals surface area contributed by atoms with Crippen LogP contribution < -0.4 is 25.2 Å². The van der Waals surface area contributed by atoms with Crippen LogP contribution >= 0.6 is 0 Å². The minimum Gasteiger partial charge on any atom is -0.497 e. The normalized spacial score (nSPS) is 20.7. The average Bonchev–Trinajstić information content (AvgIpc) is 3.66. The molecule has 226 valence electrons. The maximum Gasteiger partial charge on any atom is 0.271 e. The lowest BCUT2D eigenvalue weighted by molar-refractivity contribution is 0.00718. The third-order valence-electron chi connectivity index (χ3n) is 8.51.